The van der Waals surface area contributed by atoms with Crippen molar-refractivity contribution in [3.63, 3.8) is 0 Å². The Labute approximate surface area is 113 Å². The normalized spacial score (nSPS) is 27.8. The Morgan fingerprint density at radius 2 is 2.00 bits per heavy atom. The van der Waals surface area contributed by atoms with Crippen LogP contribution in [0.1, 0.15) is 38.5 Å². The summed E-state index contributed by atoms with van der Waals surface area (Å²) in [7, 11) is 4.56. The minimum Gasteiger partial charge on any atom is -0.314 e. The largest absolute Gasteiger partial charge is 0.314 e. The maximum absolute atomic E-state index is 3.51. The molecule has 106 valence electrons. The number of hydrogen-bond acceptors (Lipinski definition) is 3. The highest BCUT2D eigenvalue weighted by Crippen LogP contribution is 2.26. The van der Waals surface area contributed by atoms with Gasteiger partial charge in [0.25, 0.3) is 0 Å². The number of hydrogen-bond donors (Lipinski definition) is 1. The van der Waals surface area contributed by atoms with Gasteiger partial charge in [-0.25, -0.2) is 0 Å². The standard InChI is InChI=1S/C15H31N3/c1-17(10-8-14-6-4-3-5-7-14)13-15-12-16-9-11-18(15)2/h14-16H,3-13H2,1-2H3. The molecule has 0 aromatic carbocycles. The van der Waals surface area contributed by atoms with Crippen molar-refractivity contribution >= 4 is 0 Å². The van der Waals surface area contributed by atoms with Crippen LogP contribution in [0.4, 0.5) is 0 Å². The van der Waals surface area contributed by atoms with Crippen molar-refractivity contribution in [2.45, 2.75) is 44.6 Å². The number of piperazine rings is 1. The zero-order valence-electron chi connectivity index (χ0n) is 12.3. The molecule has 18 heavy (non-hydrogen) atoms. The number of likely N-dealkylation sites (N-methyl/N-ethyl adjacent to an activating group) is 2. The highest BCUT2D eigenvalue weighted by Gasteiger charge is 2.20. The summed E-state index contributed by atoms with van der Waals surface area (Å²) in [5, 5.41) is 3.51. The summed E-state index contributed by atoms with van der Waals surface area (Å²) in [6.07, 6.45) is 8.82. The molecule has 3 nitrogen and oxygen atoms in total. The lowest BCUT2D eigenvalue weighted by Gasteiger charge is -2.36. The SMILES string of the molecule is CN(CCC1CCCCC1)CC1CNCCN1C. The van der Waals surface area contributed by atoms with Gasteiger partial charge in [0.05, 0.1) is 0 Å². The molecule has 0 radical (unpaired) electrons. The second kappa shape index (κ2) is 7.46. The van der Waals surface area contributed by atoms with Crippen LogP contribution in [0.3, 0.4) is 0 Å². The predicted octanol–water partition coefficient (Wildman–Crippen LogP) is 1.79. The topological polar surface area (TPSA) is 18.5 Å². The van der Waals surface area contributed by atoms with E-state index in [1.165, 1.54) is 58.2 Å². The maximum atomic E-state index is 3.51. The Morgan fingerprint density at radius 1 is 1.22 bits per heavy atom. The Hall–Kier alpha value is -0.120. The molecular formula is C15H31N3. The first-order valence-electron chi connectivity index (χ1n) is 7.85. The number of nitrogens with one attached hydrogen (secondary N) is 1. The molecule has 2 rings (SSSR count). The van der Waals surface area contributed by atoms with Gasteiger partial charge in [-0.1, -0.05) is 32.1 Å². The first-order valence-corrected chi connectivity index (χ1v) is 7.85. The lowest BCUT2D eigenvalue weighted by Crippen LogP contribution is -2.53. The third-order valence-electron chi connectivity index (χ3n) is 4.81. The van der Waals surface area contributed by atoms with Crippen LogP contribution in [-0.4, -0.2) is 62.7 Å². The summed E-state index contributed by atoms with van der Waals surface area (Å²) >= 11 is 0. The second-order valence-electron chi connectivity index (χ2n) is 6.39. The third kappa shape index (κ3) is 4.52. The molecule has 1 unspecified atom stereocenters. The van der Waals surface area contributed by atoms with E-state index in [9.17, 15) is 0 Å². The molecule has 1 saturated heterocycles. The lowest BCUT2D eigenvalue weighted by molar-refractivity contribution is 0.147. The number of rotatable bonds is 5. The van der Waals surface area contributed by atoms with E-state index in [0.29, 0.717) is 6.04 Å². The van der Waals surface area contributed by atoms with Gasteiger partial charge in [-0.2, -0.15) is 0 Å². The van der Waals surface area contributed by atoms with Crippen molar-refractivity contribution in [1.82, 2.24) is 15.1 Å². The summed E-state index contributed by atoms with van der Waals surface area (Å²) in [5.41, 5.74) is 0. The van der Waals surface area contributed by atoms with Gasteiger partial charge < -0.3 is 10.2 Å². The van der Waals surface area contributed by atoms with Crippen molar-refractivity contribution in [3.05, 3.63) is 0 Å². The summed E-state index contributed by atoms with van der Waals surface area (Å²) in [6, 6.07) is 0.704. The zero-order chi connectivity index (χ0) is 12.8. The molecule has 3 heteroatoms. The predicted molar refractivity (Wildman–Crippen MR) is 78.0 cm³/mol. The first kappa shape index (κ1) is 14.3. The van der Waals surface area contributed by atoms with E-state index >= 15 is 0 Å². The van der Waals surface area contributed by atoms with Crippen LogP contribution in [0.5, 0.6) is 0 Å². The van der Waals surface area contributed by atoms with Gasteiger partial charge in [-0.3, -0.25) is 4.90 Å². The quantitative estimate of drug-likeness (QED) is 0.806. The number of nitrogens with zero attached hydrogens (tertiary/aromatic N) is 2. The molecule has 0 bridgehead atoms. The fourth-order valence-electron chi connectivity index (χ4n) is 3.40. The fourth-order valence-corrected chi connectivity index (χ4v) is 3.40. The van der Waals surface area contributed by atoms with Crippen LogP contribution >= 0.6 is 0 Å². The van der Waals surface area contributed by atoms with E-state index < -0.39 is 0 Å². The summed E-state index contributed by atoms with van der Waals surface area (Å²) in [5.74, 6) is 1.02. The van der Waals surface area contributed by atoms with Gasteiger partial charge in [-0.15, -0.1) is 0 Å². The highest BCUT2D eigenvalue weighted by molar-refractivity contribution is 4.80. The van der Waals surface area contributed by atoms with Crippen molar-refractivity contribution in [2.24, 2.45) is 5.92 Å². The smallest absolute Gasteiger partial charge is 0.0345 e. The van der Waals surface area contributed by atoms with Crippen molar-refractivity contribution in [2.75, 3.05) is 46.8 Å². The van der Waals surface area contributed by atoms with Crippen LogP contribution in [0.2, 0.25) is 0 Å². The first-order chi connectivity index (χ1) is 8.75. The maximum Gasteiger partial charge on any atom is 0.0345 e. The molecular weight excluding hydrogens is 222 g/mol. The van der Waals surface area contributed by atoms with Gasteiger partial charge in [0, 0.05) is 32.2 Å². The van der Waals surface area contributed by atoms with Gasteiger partial charge in [0.1, 0.15) is 0 Å². The molecule has 0 amide bonds. The van der Waals surface area contributed by atoms with Gasteiger partial charge in [0.2, 0.25) is 0 Å². The Balaban J connectivity index is 1.63. The summed E-state index contributed by atoms with van der Waals surface area (Å²) in [4.78, 5) is 5.05. The van der Waals surface area contributed by atoms with Gasteiger partial charge in [0.15, 0.2) is 0 Å². The van der Waals surface area contributed by atoms with Crippen LogP contribution in [0.25, 0.3) is 0 Å². The third-order valence-corrected chi connectivity index (χ3v) is 4.81. The molecule has 1 N–H and O–H groups in total. The molecule has 0 aromatic rings. The van der Waals surface area contributed by atoms with Crippen LogP contribution < -0.4 is 5.32 Å². The van der Waals surface area contributed by atoms with Gasteiger partial charge >= 0.3 is 0 Å². The van der Waals surface area contributed by atoms with Gasteiger partial charge in [-0.05, 0) is 33.0 Å². The van der Waals surface area contributed by atoms with Crippen LogP contribution in [0.15, 0.2) is 0 Å². The average Bonchev–Trinajstić information content (AvgIpc) is 2.40. The summed E-state index contributed by atoms with van der Waals surface area (Å²) < 4.78 is 0. The average molecular weight is 253 g/mol. The highest BCUT2D eigenvalue weighted by atomic mass is 15.2. The van der Waals surface area contributed by atoms with E-state index in [0.717, 1.165) is 19.0 Å². The molecule has 0 aromatic heterocycles. The molecule has 2 aliphatic rings. The fraction of sp³-hybridized carbons (Fsp3) is 1.00. The van der Waals surface area contributed by atoms with Crippen LogP contribution in [-0.2, 0) is 0 Å². The molecule has 1 heterocycles. The lowest BCUT2D eigenvalue weighted by atomic mass is 9.87. The zero-order valence-corrected chi connectivity index (χ0v) is 12.3. The van der Waals surface area contributed by atoms with Crippen molar-refractivity contribution in [3.8, 4) is 0 Å². The molecule has 1 saturated carbocycles. The van der Waals surface area contributed by atoms with E-state index in [1.54, 1.807) is 0 Å². The van der Waals surface area contributed by atoms with Crippen molar-refractivity contribution < 1.29 is 0 Å². The van der Waals surface area contributed by atoms with E-state index in [1.807, 2.05) is 0 Å². The van der Waals surface area contributed by atoms with Crippen LogP contribution in [0, 0.1) is 5.92 Å². The van der Waals surface area contributed by atoms with Crippen molar-refractivity contribution in [1.29, 1.82) is 0 Å². The Morgan fingerprint density at radius 3 is 2.72 bits per heavy atom. The molecule has 1 aliphatic heterocycles. The van der Waals surface area contributed by atoms with E-state index in [-0.39, 0.29) is 0 Å². The molecule has 1 aliphatic carbocycles. The monoisotopic (exact) mass is 253 g/mol. The minimum absolute atomic E-state index is 0.704. The van der Waals surface area contributed by atoms with E-state index in [4.69, 9.17) is 0 Å². The molecule has 2 fully saturated rings. The Kier molecular flexibility index (Phi) is 5.93. The minimum atomic E-state index is 0.704. The second-order valence-corrected chi connectivity index (χ2v) is 6.39. The van der Waals surface area contributed by atoms with E-state index in [2.05, 4.69) is 29.2 Å². The molecule has 1 atom stereocenters. The Bertz CT molecular complexity index is 226. The summed E-state index contributed by atoms with van der Waals surface area (Å²) in [6.45, 7) is 6.01. The molecule has 0 spiro atoms.